The molecule has 1 aliphatic rings. The van der Waals surface area contributed by atoms with Crippen LogP contribution in [0, 0.1) is 0 Å². The van der Waals surface area contributed by atoms with Crippen LogP contribution in [-0.4, -0.2) is 24.6 Å². The first kappa shape index (κ1) is 19.3. The van der Waals surface area contributed by atoms with Crippen molar-refractivity contribution in [2.45, 2.75) is 4.90 Å². The summed E-state index contributed by atoms with van der Waals surface area (Å²) in [5, 5.41) is 0. The van der Waals surface area contributed by atoms with Gasteiger partial charge in [-0.1, -0.05) is 40.2 Å². The average Bonchev–Trinajstić information content (AvgIpc) is 3.12. The van der Waals surface area contributed by atoms with Gasteiger partial charge in [-0.2, -0.15) is 4.57 Å². The summed E-state index contributed by atoms with van der Waals surface area (Å²) in [5.74, 6) is -1.00. The molecule has 0 fully saturated rings. The van der Waals surface area contributed by atoms with E-state index in [2.05, 4.69) is 20.7 Å². The Morgan fingerprint density at radius 1 is 0.966 bits per heavy atom. The molecule has 9 heteroatoms. The monoisotopic (exact) mass is 472 g/mol. The number of ketones is 2. The number of halogens is 1. The molecule has 7 nitrogen and oxygen atoms in total. The summed E-state index contributed by atoms with van der Waals surface area (Å²) >= 11 is 3.26. The highest BCUT2D eigenvalue weighted by Crippen LogP contribution is 2.29. The van der Waals surface area contributed by atoms with Crippen molar-refractivity contribution in [3.63, 3.8) is 0 Å². The molecule has 1 aromatic heterocycles. The van der Waals surface area contributed by atoms with E-state index in [1.165, 1.54) is 22.8 Å². The minimum absolute atomic E-state index is 0.0234. The first-order valence-corrected chi connectivity index (χ1v) is 10.8. The molecule has 0 atom stereocenters. The van der Waals surface area contributed by atoms with E-state index in [1.807, 2.05) is 0 Å². The number of fused-ring (bicyclic) bond motifs is 1. The van der Waals surface area contributed by atoms with Gasteiger partial charge < -0.3 is 0 Å². The molecule has 0 aliphatic heterocycles. The summed E-state index contributed by atoms with van der Waals surface area (Å²) < 4.78 is 32.0. The van der Waals surface area contributed by atoms with Crippen LogP contribution in [-0.2, 0) is 17.1 Å². The fourth-order valence-electron chi connectivity index (χ4n) is 3.09. The van der Waals surface area contributed by atoms with Crippen LogP contribution in [0.15, 0.2) is 82.3 Å². The van der Waals surface area contributed by atoms with Crippen LogP contribution in [0.2, 0.25) is 0 Å². The zero-order valence-electron chi connectivity index (χ0n) is 15.2. The molecule has 0 spiro atoms. The van der Waals surface area contributed by atoms with Crippen molar-refractivity contribution >= 4 is 43.2 Å². The molecule has 146 valence electrons. The molecule has 0 bridgehead atoms. The SMILES string of the molecule is C[n+]1ccn(C2=C(NS(=O)(=O)c3ccc(Br)cc3)C(=O)c3ccccc3C2=O)c1. The van der Waals surface area contributed by atoms with E-state index in [1.54, 1.807) is 60.7 Å². The van der Waals surface area contributed by atoms with Crippen LogP contribution in [0.4, 0.5) is 0 Å². The van der Waals surface area contributed by atoms with Gasteiger partial charge in [0.25, 0.3) is 10.0 Å². The number of nitrogens with zero attached hydrogens (tertiary/aromatic N) is 2. The van der Waals surface area contributed by atoms with E-state index < -0.39 is 21.6 Å². The molecule has 0 saturated carbocycles. The lowest BCUT2D eigenvalue weighted by Gasteiger charge is -2.19. The Labute approximate surface area is 175 Å². The van der Waals surface area contributed by atoms with Crippen LogP contribution in [0.3, 0.4) is 0 Å². The highest BCUT2D eigenvalue weighted by Gasteiger charge is 2.38. The molecule has 1 aliphatic carbocycles. The van der Waals surface area contributed by atoms with Gasteiger partial charge in [-0.15, -0.1) is 0 Å². The molecule has 2 aromatic carbocycles. The van der Waals surface area contributed by atoms with Crippen LogP contribution >= 0.6 is 15.9 Å². The molecule has 1 N–H and O–H groups in total. The number of hydrogen-bond donors (Lipinski definition) is 1. The van der Waals surface area contributed by atoms with E-state index in [0.29, 0.717) is 4.47 Å². The van der Waals surface area contributed by atoms with Gasteiger partial charge in [0.05, 0.1) is 11.9 Å². The van der Waals surface area contributed by atoms with Gasteiger partial charge in [0.1, 0.15) is 18.1 Å². The second-order valence-corrected chi connectivity index (χ2v) is 9.07. The smallest absolute Gasteiger partial charge is 0.262 e. The lowest BCUT2D eigenvalue weighted by atomic mass is 9.90. The van der Waals surface area contributed by atoms with Crippen molar-refractivity contribution in [1.82, 2.24) is 9.29 Å². The van der Waals surface area contributed by atoms with E-state index in [0.717, 1.165) is 0 Å². The molecule has 0 saturated heterocycles. The number of imidazole rings is 1. The molecule has 0 amide bonds. The number of benzene rings is 2. The maximum absolute atomic E-state index is 13.2. The van der Waals surface area contributed by atoms with Crippen LogP contribution in [0.1, 0.15) is 20.7 Å². The Morgan fingerprint density at radius 3 is 2.17 bits per heavy atom. The third-order valence-electron chi connectivity index (χ3n) is 4.48. The number of carbonyl (C=O) groups is 2. The predicted molar refractivity (Wildman–Crippen MR) is 108 cm³/mol. The molecule has 0 unspecified atom stereocenters. The van der Waals surface area contributed by atoms with Crippen molar-refractivity contribution in [3.05, 3.63) is 88.5 Å². The Kier molecular flexibility index (Phi) is 4.71. The predicted octanol–water partition coefficient (Wildman–Crippen LogP) is 2.30. The molecule has 3 aromatic rings. The first-order chi connectivity index (χ1) is 13.8. The third-order valence-corrected chi connectivity index (χ3v) is 6.38. The summed E-state index contributed by atoms with van der Waals surface area (Å²) in [6, 6.07) is 12.3. The number of aromatic nitrogens is 2. The van der Waals surface area contributed by atoms with Gasteiger partial charge in [-0.3, -0.25) is 14.3 Å². The molecule has 1 heterocycles. The molecular formula is C20H15BrN3O4S+. The fourth-order valence-corrected chi connectivity index (χ4v) is 4.43. The highest BCUT2D eigenvalue weighted by molar-refractivity contribution is 9.10. The van der Waals surface area contributed by atoms with E-state index in [4.69, 9.17) is 0 Å². The largest absolute Gasteiger partial charge is 0.287 e. The lowest BCUT2D eigenvalue weighted by molar-refractivity contribution is -0.670. The summed E-state index contributed by atoms with van der Waals surface area (Å²) in [4.78, 5) is 26.3. The fraction of sp³-hybridized carbons (Fsp3) is 0.0500. The molecule has 0 radical (unpaired) electrons. The van der Waals surface area contributed by atoms with Crippen LogP contribution < -0.4 is 9.29 Å². The number of rotatable bonds is 4. The maximum Gasteiger partial charge on any atom is 0.262 e. The van der Waals surface area contributed by atoms with Crippen LogP contribution in [0.5, 0.6) is 0 Å². The molecule has 4 rings (SSSR count). The number of sulfonamides is 1. The lowest BCUT2D eigenvalue weighted by Crippen LogP contribution is -2.35. The normalized spacial score (nSPS) is 14.1. The van der Waals surface area contributed by atoms with Crippen molar-refractivity contribution in [2.24, 2.45) is 7.05 Å². The van der Waals surface area contributed by atoms with Gasteiger partial charge in [-0.25, -0.2) is 13.0 Å². The maximum atomic E-state index is 13.2. The Morgan fingerprint density at radius 2 is 1.59 bits per heavy atom. The summed E-state index contributed by atoms with van der Waals surface area (Å²) in [6.07, 6.45) is 4.86. The second kappa shape index (κ2) is 7.09. The van der Waals surface area contributed by atoms with Gasteiger partial charge in [0, 0.05) is 15.6 Å². The van der Waals surface area contributed by atoms with Gasteiger partial charge in [0.15, 0.2) is 0 Å². The number of hydrogen-bond acceptors (Lipinski definition) is 4. The number of carbonyl (C=O) groups excluding carboxylic acids is 2. The Bertz CT molecular complexity index is 1290. The summed E-state index contributed by atoms with van der Waals surface area (Å²) in [5.41, 5.74) is 0.0598. The number of Topliss-reactive ketones (excluding diaryl/α,β-unsaturated/α-hetero) is 2. The van der Waals surface area contributed by atoms with Crippen LogP contribution in [0.25, 0.3) is 5.70 Å². The third kappa shape index (κ3) is 3.43. The molecular weight excluding hydrogens is 458 g/mol. The quantitative estimate of drug-likeness (QED) is 0.589. The Hall–Kier alpha value is -3.04. The van der Waals surface area contributed by atoms with E-state index in [9.17, 15) is 18.0 Å². The van der Waals surface area contributed by atoms with Crippen molar-refractivity contribution < 1.29 is 22.6 Å². The average molecular weight is 473 g/mol. The Balaban J connectivity index is 1.89. The minimum atomic E-state index is -4.09. The van der Waals surface area contributed by atoms with Crippen molar-refractivity contribution in [2.75, 3.05) is 0 Å². The van der Waals surface area contributed by atoms with Gasteiger partial charge in [-0.05, 0) is 24.3 Å². The van der Waals surface area contributed by atoms with Gasteiger partial charge >= 0.3 is 0 Å². The first-order valence-electron chi connectivity index (χ1n) is 8.52. The minimum Gasteiger partial charge on any atom is -0.287 e. The van der Waals surface area contributed by atoms with E-state index in [-0.39, 0.29) is 27.4 Å². The summed E-state index contributed by atoms with van der Waals surface area (Å²) in [6.45, 7) is 0. The zero-order valence-corrected chi connectivity index (χ0v) is 17.6. The number of nitrogens with one attached hydrogen (secondary N) is 1. The zero-order chi connectivity index (χ0) is 20.8. The van der Waals surface area contributed by atoms with E-state index >= 15 is 0 Å². The number of allylic oxidation sites excluding steroid dienone is 2. The van der Waals surface area contributed by atoms with Crippen molar-refractivity contribution in [3.8, 4) is 0 Å². The second-order valence-electron chi connectivity index (χ2n) is 6.47. The standard InChI is InChI=1S/C20H14BrN3O4S/c1-23-10-11-24(12-23)18-17(19(25)15-4-2-3-5-16(15)20(18)26)22-29(27,28)14-8-6-13(21)7-9-14/h2-12H,1H3/p+1. The molecule has 29 heavy (non-hydrogen) atoms. The summed E-state index contributed by atoms with van der Waals surface area (Å²) in [7, 11) is -2.34. The topological polar surface area (TPSA) is 89.1 Å². The number of aryl methyl sites for hydroxylation is 1. The van der Waals surface area contributed by atoms with Crippen molar-refractivity contribution in [1.29, 1.82) is 0 Å². The van der Waals surface area contributed by atoms with Gasteiger partial charge in [0.2, 0.25) is 23.6 Å². The highest BCUT2D eigenvalue weighted by atomic mass is 79.9.